The molecule has 1 atom stereocenters. The van der Waals surface area contributed by atoms with Crippen LogP contribution in [0.2, 0.25) is 0 Å². The van der Waals surface area contributed by atoms with Gasteiger partial charge in [0.15, 0.2) is 0 Å². The first-order valence-electron chi connectivity index (χ1n) is 6.23. The number of benzene rings is 1. The van der Waals surface area contributed by atoms with Crippen molar-refractivity contribution in [2.75, 3.05) is 25.5 Å². The Morgan fingerprint density at radius 3 is 2.53 bits per heavy atom. The second kappa shape index (κ2) is 6.05. The predicted molar refractivity (Wildman–Crippen MR) is 72.5 cm³/mol. The maximum absolute atomic E-state index is 12.2. The molecule has 0 aromatic heterocycles. The summed E-state index contributed by atoms with van der Waals surface area (Å²) in [6, 6.07) is 6.81. The van der Waals surface area contributed by atoms with Crippen LogP contribution in [0.1, 0.15) is 12.8 Å². The molecular formula is C13H17F3N2S. The van der Waals surface area contributed by atoms with Crippen molar-refractivity contribution in [2.24, 2.45) is 0 Å². The molecule has 1 saturated heterocycles. The van der Waals surface area contributed by atoms with Gasteiger partial charge in [0.25, 0.3) is 0 Å². The average molecular weight is 290 g/mol. The van der Waals surface area contributed by atoms with Gasteiger partial charge >= 0.3 is 5.51 Å². The Morgan fingerprint density at radius 1 is 1.26 bits per heavy atom. The largest absolute Gasteiger partial charge is 0.446 e. The quantitative estimate of drug-likeness (QED) is 0.852. The molecule has 2 nitrogen and oxygen atoms in total. The van der Waals surface area contributed by atoms with Crippen LogP contribution in [0, 0.1) is 0 Å². The zero-order valence-electron chi connectivity index (χ0n) is 10.7. The summed E-state index contributed by atoms with van der Waals surface area (Å²) < 4.78 is 36.6. The molecule has 0 saturated carbocycles. The monoisotopic (exact) mass is 290 g/mol. The van der Waals surface area contributed by atoms with E-state index >= 15 is 0 Å². The van der Waals surface area contributed by atoms with E-state index < -0.39 is 5.51 Å². The lowest BCUT2D eigenvalue weighted by Crippen LogP contribution is -2.39. The number of alkyl halides is 3. The third-order valence-corrected chi connectivity index (χ3v) is 3.82. The number of anilines is 1. The summed E-state index contributed by atoms with van der Waals surface area (Å²) in [7, 11) is 2.08. The van der Waals surface area contributed by atoms with Gasteiger partial charge < -0.3 is 10.2 Å². The van der Waals surface area contributed by atoms with E-state index in [9.17, 15) is 13.2 Å². The highest BCUT2D eigenvalue weighted by Gasteiger charge is 2.29. The van der Waals surface area contributed by atoms with Crippen LogP contribution in [0.5, 0.6) is 0 Å². The number of likely N-dealkylation sites (tertiary alicyclic amines) is 1. The fraction of sp³-hybridized carbons (Fsp3) is 0.538. The normalized spacial score (nSPS) is 21.4. The maximum atomic E-state index is 12.2. The summed E-state index contributed by atoms with van der Waals surface area (Å²) in [5.74, 6) is 0. The van der Waals surface area contributed by atoms with Crippen LogP contribution in [0.3, 0.4) is 0 Å². The van der Waals surface area contributed by atoms with E-state index in [1.165, 1.54) is 12.1 Å². The van der Waals surface area contributed by atoms with Crippen molar-refractivity contribution < 1.29 is 13.2 Å². The lowest BCUT2D eigenvalue weighted by molar-refractivity contribution is -0.0328. The smallest absolute Gasteiger partial charge is 0.381 e. The van der Waals surface area contributed by atoms with E-state index in [-0.39, 0.29) is 16.7 Å². The van der Waals surface area contributed by atoms with Crippen LogP contribution in [0.4, 0.5) is 18.9 Å². The second-order valence-electron chi connectivity index (χ2n) is 4.82. The van der Waals surface area contributed by atoms with Crippen molar-refractivity contribution in [3.8, 4) is 0 Å². The van der Waals surface area contributed by atoms with Gasteiger partial charge in [-0.3, -0.25) is 0 Å². The molecule has 0 spiro atoms. The van der Waals surface area contributed by atoms with Gasteiger partial charge in [-0.2, -0.15) is 13.2 Å². The molecule has 1 unspecified atom stereocenters. The third kappa shape index (κ3) is 4.95. The molecular weight excluding hydrogens is 273 g/mol. The molecule has 1 fully saturated rings. The summed E-state index contributed by atoms with van der Waals surface area (Å²) in [5, 5.41) is 3.37. The van der Waals surface area contributed by atoms with Gasteiger partial charge in [0.1, 0.15) is 0 Å². The van der Waals surface area contributed by atoms with Crippen LogP contribution in [-0.2, 0) is 0 Å². The van der Waals surface area contributed by atoms with Crippen LogP contribution < -0.4 is 5.32 Å². The number of rotatable bonds is 3. The lowest BCUT2D eigenvalue weighted by atomic mass is 10.1. The van der Waals surface area contributed by atoms with E-state index in [1.54, 1.807) is 12.1 Å². The van der Waals surface area contributed by atoms with Gasteiger partial charge in [0.2, 0.25) is 0 Å². The minimum Gasteiger partial charge on any atom is -0.381 e. The number of hydrogen-bond acceptors (Lipinski definition) is 3. The molecule has 1 aromatic rings. The SMILES string of the molecule is CN1CCCC(Nc2ccc(SC(F)(F)F)cc2)C1. The molecule has 106 valence electrons. The Morgan fingerprint density at radius 2 is 1.95 bits per heavy atom. The zero-order valence-corrected chi connectivity index (χ0v) is 11.5. The molecule has 6 heteroatoms. The number of nitrogens with one attached hydrogen (secondary N) is 1. The van der Waals surface area contributed by atoms with Crippen molar-refractivity contribution in [3.05, 3.63) is 24.3 Å². The van der Waals surface area contributed by atoms with Crippen LogP contribution in [0.25, 0.3) is 0 Å². The maximum Gasteiger partial charge on any atom is 0.446 e. The molecule has 0 radical (unpaired) electrons. The van der Waals surface area contributed by atoms with Crippen molar-refractivity contribution in [1.82, 2.24) is 4.90 Å². The van der Waals surface area contributed by atoms with Gasteiger partial charge in [-0.15, -0.1) is 0 Å². The summed E-state index contributed by atoms with van der Waals surface area (Å²) in [5.41, 5.74) is -3.34. The van der Waals surface area contributed by atoms with Crippen molar-refractivity contribution in [2.45, 2.75) is 29.3 Å². The Hall–Kier alpha value is -0.880. The van der Waals surface area contributed by atoms with Crippen LogP contribution >= 0.6 is 11.8 Å². The lowest BCUT2D eigenvalue weighted by Gasteiger charge is -2.30. The van der Waals surface area contributed by atoms with E-state index in [0.717, 1.165) is 31.6 Å². The first-order chi connectivity index (χ1) is 8.92. The fourth-order valence-corrected chi connectivity index (χ4v) is 2.81. The van der Waals surface area contributed by atoms with Crippen LogP contribution in [0.15, 0.2) is 29.2 Å². The van der Waals surface area contributed by atoms with Crippen molar-refractivity contribution in [3.63, 3.8) is 0 Å². The number of thioether (sulfide) groups is 1. The molecule has 1 aliphatic rings. The Labute approximate surface area is 115 Å². The molecule has 0 aliphatic carbocycles. The minimum atomic E-state index is -4.22. The van der Waals surface area contributed by atoms with Gasteiger partial charge in [0.05, 0.1) is 0 Å². The number of halogens is 3. The second-order valence-corrected chi connectivity index (χ2v) is 5.96. The topological polar surface area (TPSA) is 15.3 Å². The first kappa shape index (κ1) is 14.5. The molecule has 0 amide bonds. The van der Waals surface area contributed by atoms with E-state index in [2.05, 4.69) is 17.3 Å². The van der Waals surface area contributed by atoms with Crippen molar-refractivity contribution >= 4 is 17.4 Å². The summed E-state index contributed by atoms with van der Waals surface area (Å²) in [6.45, 7) is 2.08. The number of piperidine rings is 1. The number of hydrogen-bond donors (Lipinski definition) is 1. The Kier molecular flexibility index (Phi) is 4.62. The minimum absolute atomic E-state index is 0.0801. The number of nitrogens with zero attached hydrogens (tertiary/aromatic N) is 1. The molecule has 1 aromatic carbocycles. The molecule has 1 heterocycles. The van der Waals surface area contributed by atoms with Gasteiger partial charge in [-0.1, -0.05) is 0 Å². The highest BCUT2D eigenvalue weighted by atomic mass is 32.2. The predicted octanol–water partition coefficient (Wildman–Crippen LogP) is 3.80. The molecule has 19 heavy (non-hydrogen) atoms. The summed E-state index contributed by atoms with van der Waals surface area (Å²) >= 11 is -0.0801. The molecule has 1 N–H and O–H groups in total. The van der Waals surface area contributed by atoms with E-state index in [0.29, 0.717) is 6.04 Å². The Balaban J connectivity index is 1.91. The fourth-order valence-electron chi connectivity index (χ4n) is 2.27. The van der Waals surface area contributed by atoms with Crippen LogP contribution in [-0.4, -0.2) is 36.6 Å². The van der Waals surface area contributed by atoms with Gasteiger partial charge in [-0.05, 0) is 62.5 Å². The highest BCUT2D eigenvalue weighted by molar-refractivity contribution is 8.00. The zero-order chi connectivity index (χ0) is 13.9. The van der Waals surface area contributed by atoms with Crippen molar-refractivity contribution in [1.29, 1.82) is 0 Å². The standard InChI is InChI=1S/C13H17F3N2S/c1-18-8-2-3-11(9-18)17-10-4-6-12(7-5-10)19-13(14,15)16/h4-7,11,17H,2-3,8-9H2,1H3. The molecule has 1 aliphatic heterocycles. The first-order valence-corrected chi connectivity index (χ1v) is 7.05. The van der Waals surface area contributed by atoms with Gasteiger partial charge in [-0.25, -0.2) is 0 Å². The Bertz CT molecular complexity index is 405. The van der Waals surface area contributed by atoms with Gasteiger partial charge in [0, 0.05) is 23.2 Å². The summed E-state index contributed by atoms with van der Waals surface area (Å²) in [6.07, 6.45) is 2.25. The number of likely N-dealkylation sites (N-methyl/N-ethyl adjacent to an activating group) is 1. The third-order valence-electron chi connectivity index (χ3n) is 3.08. The molecule has 0 bridgehead atoms. The summed E-state index contributed by atoms with van der Waals surface area (Å²) in [4.78, 5) is 2.48. The molecule has 2 rings (SSSR count). The highest BCUT2D eigenvalue weighted by Crippen LogP contribution is 2.37. The van der Waals surface area contributed by atoms with E-state index in [4.69, 9.17) is 0 Å². The average Bonchev–Trinajstić information content (AvgIpc) is 2.30. The van der Waals surface area contributed by atoms with E-state index in [1.807, 2.05) is 0 Å².